The molecule has 0 radical (unpaired) electrons. The van der Waals surface area contributed by atoms with Crippen LogP contribution < -0.4 is 5.32 Å². The number of hydrogen-bond acceptors (Lipinski definition) is 1. The number of hydrogen-bond donors (Lipinski definition) is 1. The molecule has 1 N–H and O–H groups in total. The van der Waals surface area contributed by atoms with Crippen LogP contribution in [0.2, 0.25) is 0 Å². The van der Waals surface area contributed by atoms with E-state index >= 15 is 0 Å². The Bertz CT molecular complexity index is 127. The normalized spacial score (nSPS) is 10.6. The van der Waals surface area contributed by atoms with Gasteiger partial charge in [0.2, 0.25) is 5.91 Å². The molecule has 2 nitrogen and oxygen atoms in total. The summed E-state index contributed by atoms with van der Waals surface area (Å²) in [6, 6.07) is 0. The maximum absolute atomic E-state index is 10.5. The van der Waals surface area contributed by atoms with Crippen molar-refractivity contribution < 1.29 is 4.79 Å². The zero-order chi connectivity index (χ0) is 7.49. The van der Waals surface area contributed by atoms with Crippen molar-refractivity contribution in [2.75, 3.05) is 0 Å². The van der Waals surface area contributed by atoms with Crippen molar-refractivity contribution in [1.29, 1.82) is 0 Å². The van der Waals surface area contributed by atoms with Crippen LogP contribution in [0.1, 0.15) is 20.8 Å². The molecule has 0 aromatic rings. The fourth-order valence-electron chi connectivity index (χ4n) is 0.505. The van der Waals surface area contributed by atoms with Crippen molar-refractivity contribution in [1.82, 2.24) is 5.32 Å². The maximum atomic E-state index is 10.5. The third-order valence-corrected chi connectivity index (χ3v) is 1.01. The first-order chi connectivity index (χ1) is 3.98. The Balaban J connectivity index is 3.86. The van der Waals surface area contributed by atoms with E-state index in [0.29, 0.717) is 0 Å². The molecule has 0 rings (SSSR count). The van der Waals surface area contributed by atoms with E-state index in [1.54, 1.807) is 6.08 Å². The van der Waals surface area contributed by atoms with Crippen LogP contribution in [-0.2, 0) is 4.79 Å². The number of nitrogens with one attached hydrogen (secondary N) is 1. The minimum Gasteiger partial charge on any atom is -0.348 e. The zero-order valence-corrected chi connectivity index (χ0v) is 6.19. The second kappa shape index (κ2) is 2.67. The van der Waals surface area contributed by atoms with E-state index in [1.165, 1.54) is 6.92 Å². The Morgan fingerprint density at radius 1 is 1.67 bits per heavy atom. The molecular weight excluding hydrogens is 114 g/mol. The van der Waals surface area contributed by atoms with E-state index in [0.717, 1.165) is 0 Å². The highest BCUT2D eigenvalue weighted by Crippen LogP contribution is 2.00. The van der Waals surface area contributed by atoms with Gasteiger partial charge in [-0.25, -0.2) is 0 Å². The van der Waals surface area contributed by atoms with Crippen LogP contribution in [0.5, 0.6) is 0 Å². The number of carbonyl (C=O) groups is 1. The van der Waals surface area contributed by atoms with Gasteiger partial charge in [0.1, 0.15) is 0 Å². The Labute approximate surface area is 56.0 Å². The van der Waals surface area contributed by atoms with Gasteiger partial charge < -0.3 is 5.32 Å². The Morgan fingerprint density at radius 2 is 2.11 bits per heavy atom. The van der Waals surface area contributed by atoms with E-state index in [4.69, 9.17) is 0 Å². The molecule has 0 atom stereocenters. The van der Waals surface area contributed by atoms with E-state index < -0.39 is 0 Å². The molecule has 52 valence electrons. The largest absolute Gasteiger partial charge is 0.348 e. The molecule has 0 bridgehead atoms. The van der Waals surface area contributed by atoms with Gasteiger partial charge in [-0.2, -0.15) is 0 Å². The summed E-state index contributed by atoms with van der Waals surface area (Å²) < 4.78 is 0. The van der Waals surface area contributed by atoms with Crippen molar-refractivity contribution in [3.8, 4) is 0 Å². The van der Waals surface area contributed by atoms with Crippen LogP contribution in [0.4, 0.5) is 0 Å². The SMILES string of the molecule is C=CC(C)(C)NC(C)=O. The molecule has 1 amide bonds. The van der Waals surface area contributed by atoms with Crippen molar-refractivity contribution in [3.05, 3.63) is 12.7 Å². The molecule has 0 saturated carbocycles. The summed E-state index contributed by atoms with van der Waals surface area (Å²) in [4.78, 5) is 10.5. The van der Waals surface area contributed by atoms with Gasteiger partial charge >= 0.3 is 0 Å². The van der Waals surface area contributed by atoms with Gasteiger partial charge in [-0.15, -0.1) is 6.58 Å². The fraction of sp³-hybridized carbons (Fsp3) is 0.571. The highest BCUT2D eigenvalue weighted by Gasteiger charge is 2.11. The smallest absolute Gasteiger partial charge is 0.217 e. The lowest BCUT2D eigenvalue weighted by Gasteiger charge is -2.19. The molecular formula is C7H13NO. The van der Waals surface area contributed by atoms with Crippen LogP contribution in [0.3, 0.4) is 0 Å². The molecule has 0 spiro atoms. The number of carbonyl (C=O) groups excluding carboxylic acids is 1. The molecule has 0 unspecified atom stereocenters. The molecule has 9 heavy (non-hydrogen) atoms. The highest BCUT2D eigenvalue weighted by molar-refractivity contribution is 5.74. The van der Waals surface area contributed by atoms with E-state index in [9.17, 15) is 4.79 Å². The summed E-state index contributed by atoms with van der Waals surface area (Å²) in [7, 11) is 0. The van der Waals surface area contributed by atoms with E-state index in [1.807, 2.05) is 13.8 Å². The third-order valence-electron chi connectivity index (χ3n) is 1.01. The lowest BCUT2D eigenvalue weighted by atomic mass is 10.1. The first-order valence-corrected chi connectivity index (χ1v) is 2.90. The summed E-state index contributed by atoms with van der Waals surface area (Å²) in [6.07, 6.45) is 1.70. The molecule has 0 fully saturated rings. The van der Waals surface area contributed by atoms with Crippen molar-refractivity contribution in [2.24, 2.45) is 0 Å². The average Bonchev–Trinajstić information content (AvgIpc) is 1.63. The minimum atomic E-state index is -0.272. The molecule has 0 aliphatic rings. The second-order valence-corrected chi connectivity index (χ2v) is 2.61. The van der Waals surface area contributed by atoms with Gasteiger partial charge in [-0.1, -0.05) is 6.08 Å². The van der Waals surface area contributed by atoms with Gasteiger partial charge in [-0.05, 0) is 13.8 Å². The minimum absolute atomic E-state index is 0.0279. The molecule has 0 heterocycles. The van der Waals surface area contributed by atoms with Crippen LogP contribution >= 0.6 is 0 Å². The van der Waals surface area contributed by atoms with Crippen molar-refractivity contribution in [3.63, 3.8) is 0 Å². The first-order valence-electron chi connectivity index (χ1n) is 2.90. The van der Waals surface area contributed by atoms with Crippen molar-refractivity contribution in [2.45, 2.75) is 26.3 Å². The summed E-state index contributed by atoms with van der Waals surface area (Å²) in [5.74, 6) is -0.0279. The summed E-state index contributed by atoms with van der Waals surface area (Å²) in [5, 5.41) is 2.71. The number of rotatable bonds is 2. The number of amides is 1. The van der Waals surface area contributed by atoms with Crippen LogP contribution in [0, 0.1) is 0 Å². The summed E-state index contributed by atoms with van der Waals surface area (Å²) in [6.45, 7) is 8.84. The van der Waals surface area contributed by atoms with E-state index in [2.05, 4.69) is 11.9 Å². The average molecular weight is 127 g/mol. The lowest BCUT2D eigenvalue weighted by Crippen LogP contribution is -2.40. The van der Waals surface area contributed by atoms with E-state index in [-0.39, 0.29) is 11.4 Å². The predicted octanol–water partition coefficient (Wildman–Crippen LogP) is 1.09. The Morgan fingerprint density at radius 3 is 2.22 bits per heavy atom. The van der Waals surface area contributed by atoms with Gasteiger partial charge in [-0.3, -0.25) is 4.79 Å². The molecule has 0 aliphatic carbocycles. The van der Waals surface area contributed by atoms with Crippen molar-refractivity contribution >= 4 is 5.91 Å². The fourth-order valence-corrected chi connectivity index (χ4v) is 0.505. The third kappa shape index (κ3) is 3.76. The van der Waals surface area contributed by atoms with Crippen LogP contribution in [0.25, 0.3) is 0 Å². The predicted molar refractivity (Wildman–Crippen MR) is 38.1 cm³/mol. The molecule has 0 aromatic carbocycles. The first kappa shape index (κ1) is 8.21. The standard InChI is InChI=1S/C7H13NO/c1-5-7(3,4)8-6(2)9/h5H,1H2,2-4H3,(H,8,9). The molecule has 0 aliphatic heterocycles. The monoisotopic (exact) mass is 127 g/mol. The quantitative estimate of drug-likeness (QED) is 0.553. The zero-order valence-electron chi connectivity index (χ0n) is 6.19. The van der Waals surface area contributed by atoms with Crippen LogP contribution in [0.15, 0.2) is 12.7 Å². The Kier molecular flexibility index (Phi) is 2.43. The topological polar surface area (TPSA) is 29.1 Å². The van der Waals surface area contributed by atoms with Crippen LogP contribution in [-0.4, -0.2) is 11.4 Å². The summed E-state index contributed by atoms with van der Waals surface area (Å²) in [5.41, 5.74) is -0.272. The highest BCUT2D eigenvalue weighted by atomic mass is 16.1. The molecule has 0 aromatic heterocycles. The Hall–Kier alpha value is -0.790. The maximum Gasteiger partial charge on any atom is 0.217 e. The second-order valence-electron chi connectivity index (χ2n) is 2.61. The van der Waals surface area contributed by atoms with Gasteiger partial charge in [0.25, 0.3) is 0 Å². The molecule has 0 saturated heterocycles. The lowest BCUT2D eigenvalue weighted by molar-refractivity contribution is -0.120. The molecule has 2 heteroatoms. The van der Waals surface area contributed by atoms with Gasteiger partial charge in [0, 0.05) is 6.92 Å². The summed E-state index contributed by atoms with van der Waals surface area (Å²) >= 11 is 0. The van der Waals surface area contributed by atoms with Gasteiger partial charge in [0.15, 0.2) is 0 Å². The van der Waals surface area contributed by atoms with Gasteiger partial charge in [0.05, 0.1) is 5.54 Å².